The lowest BCUT2D eigenvalue weighted by atomic mass is 10.1. The summed E-state index contributed by atoms with van der Waals surface area (Å²) in [6.45, 7) is 3.83. The molecule has 0 atom stereocenters. The summed E-state index contributed by atoms with van der Waals surface area (Å²) < 4.78 is 0. The number of carbonyl (C=O) groups excluding carboxylic acids is 2. The molecular weight excluding hydrogens is 414 g/mol. The number of nitrogens with zero attached hydrogens (tertiary/aromatic N) is 3. The van der Waals surface area contributed by atoms with Crippen LogP contribution in [0.15, 0.2) is 66.7 Å². The van der Waals surface area contributed by atoms with Crippen molar-refractivity contribution in [2.24, 2.45) is 0 Å². The molecule has 0 aromatic heterocycles. The van der Waals surface area contributed by atoms with Crippen LogP contribution in [0.1, 0.15) is 22.3 Å². The molecule has 0 aliphatic rings. The molecule has 0 saturated heterocycles. The average molecular weight is 438 g/mol. The number of hydrogen-bond acceptors (Lipinski definition) is 5. The summed E-state index contributed by atoms with van der Waals surface area (Å²) >= 11 is 0. The second-order valence-electron chi connectivity index (χ2n) is 7.61. The Morgan fingerprint density at radius 1 is 0.758 bits per heavy atom. The lowest BCUT2D eigenvalue weighted by Crippen LogP contribution is -2.39. The fraction of sp³-hybridized carbons (Fsp3) is 0.154. The monoisotopic (exact) mass is 437 g/mol. The summed E-state index contributed by atoms with van der Waals surface area (Å²) in [5.41, 5.74) is 4.79. The number of amides is 2. The van der Waals surface area contributed by atoms with Crippen molar-refractivity contribution in [1.82, 2.24) is 0 Å². The quantitative estimate of drug-likeness (QED) is 0.578. The standard InChI is InChI=1S/C26H23N5O2/c1-18-9-10-24(11-19(18)2)31(16-25(32)29-22-7-3-5-20(12-22)14-27)17-26(33)30-23-8-4-6-21(13-23)15-28/h3-13H,16-17H2,1-2H3,(H,29,32)(H,30,33). The zero-order valence-electron chi connectivity index (χ0n) is 18.4. The van der Waals surface area contributed by atoms with Gasteiger partial charge in [-0.3, -0.25) is 9.59 Å². The van der Waals surface area contributed by atoms with E-state index in [0.29, 0.717) is 22.5 Å². The number of hydrogen-bond donors (Lipinski definition) is 2. The van der Waals surface area contributed by atoms with Gasteiger partial charge in [-0.25, -0.2) is 0 Å². The molecule has 33 heavy (non-hydrogen) atoms. The number of carbonyl (C=O) groups is 2. The van der Waals surface area contributed by atoms with Crippen molar-refractivity contribution >= 4 is 28.9 Å². The zero-order valence-corrected chi connectivity index (χ0v) is 18.4. The second-order valence-corrected chi connectivity index (χ2v) is 7.61. The van der Waals surface area contributed by atoms with Gasteiger partial charge >= 0.3 is 0 Å². The molecule has 0 aliphatic heterocycles. The van der Waals surface area contributed by atoms with Gasteiger partial charge in [0, 0.05) is 17.1 Å². The van der Waals surface area contributed by atoms with Crippen molar-refractivity contribution in [1.29, 1.82) is 10.5 Å². The van der Waals surface area contributed by atoms with E-state index >= 15 is 0 Å². The zero-order chi connectivity index (χ0) is 23.8. The Morgan fingerprint density at radius 3 is 1.73 bits per heavy atom. The van der Waals surface area contributed by atoms with E-state index in [4.69, 9.17) is 10.5 Å². The molecule has 0 heterocycles. The van der Waals surface area contributed by atoms with Gasteiger partial charge in [-0.15, -0.1) is 0 Å². The molecule has 3 rings (SSSR count). The minimum atomic E-state index is -0.317. The van der Waals surface area contributed by atoms with Gasteiger partial charge in [-0.1, -0.05) is 18.2 Å². The highest BCUT2D eigenvalue weighted by atomic mass is 16.2. The van der Waals surface area contributed by atoms with E-state index < -0.39 is 0 Å². The summed E-state index contributed by atoms with van der Waals surface area (Å²) in [5.74, 6) is -0.634. The molecule has 0 radical (unpaired) electrons. The molecule has 0 unspecified atom stereocenters. The van der Waals surface area contributed by atoms with Gasteiger partial charge < -0.3 is 15.5 Å². The first-order chi connectivity index (χ1) is 15.9. The van der Waals surface area contributed by atoms with Gasteiger partial charge in [0.25, 0.3) is 0 Å². The van der Waals surface area contributed by atoms with E-state index in [1.165, 1.54) is 0 Å². The summed E-state index contributed by atoms with van der Waals surface area (Å²) in [7, 11) is 0. The van der Waals surface area contributed by atoms with Crippen LogP contribution in [0.5, 0.6) is 0 Å². The predicted molar refractivity (Wildman–Crippen MR) is 128 cm³/mol. The Bertz CT molecular complexity index is 1200. The number of nitriles is 2. The first kappa shape index (κ1) is 23.1. The summed E-state index contributed by atoms with van der Waals surface area (Å²) in [4.78, 5) is 27.2. The summed E-state index contributed by atoms with van der Waals surface area (Å²) in [6.07, 6.45) is 0. The van der Waals surface area contributed by atoms with Crippen molar-refractivity contribution in [2.45, 2.75) is 13.8 Å². The van der Waals surface area contributed by atoms with Crippen LogP contribution in [0.25, 0.3) is 0 Å². The highest BCUT2D eigenvalue weighted by Crippen LogP contribution is 2.20. The maximum Gasteiger partial charge on any atom is 0.243 e. The average Bonchev–Trinajstić information content (AvgIpc) is 2.80. The van der Waals surface area contributed by atoms with Crippen molar-refractivity contribution in [2.75, 3.05) is 28.6 Å². The van der Waals surface area contributed by atoms with Crippen LogP contribution in [-0.2, 0) is 9.59 Å². The molecule has 0 aliphatic carbocycles. The number of rotatable bonds is 7. The molecule has 0 bridgehead atoms. The molecule has 7 heteroatoms. The number of anilines is 3. The van der Waals surface area contributed by atoms with Crippen molar-refractivity contribution < 1.29 is 9.59 Å². The molecule has 164 valence electrons. The van der Waals surface area contributed by atoms with E-state index in [-0.39, 0.29) is 24.9 Å². The third-order valence-electron chi connectivity index (χ3n) is 5.08. The van der Waals surface area contributed by atoms with Gasteiger partial charge in [0.2, 0.25) is 11.8 Å². The molecule has 2 N–H and O–H groups in total. The topological polar surface area (TPSA) is 109 Å². The minimum absolute atomic E-state index is 0.0645. The Kier molecular flexibility index (Phi) is 7.41. The van der Waals surface area contributed by atoms with Crippen molar-refractivity contribution in [3.63, 3.8) is 0 Å². The van der Waals surface area contributed by atoms with Gasteiger partial charge in [-0.2, -0.15) is 10.5 Å². The molecule has 3 aromatic carbocycles. The molecule has 7 nitrogen and oxygen atoms in total. The lowest BCUT2D eigenvalue weighted by Gasteiger charge is -2.24. The van der Waals surface area contributed by atoms with Gasteiger partial charge in [0.05, 0.1) is 36.4 Å². The Morgan fingerprint density at radius 2 is 1.27 bits per heavy atom. The van der Waals surface area contributed by atoms with E-state index in [1.54, 1.807) is 53.4 Å². The normalized spacial score (nSPS) is 9.94. The Hall–Kier alpha value is -4.62. The molecule has 2 amide bonds. The van der Waals surface area contributed by atoms with Gasteiger partial charge in [0.15, 0.2) is 0 Å². The fourth-order valence-electron chi connectivity index (χ4n) is 3.24. The van der Waals surface area contributed by atoms with Crippen LogP contribution in [0.3, 0.4) is 0 Å². The second kappa shape index (κ2) is 10.6. The van der Waals surface area contributed by atoms with Gasteiger partial charge in [0.1, 0.15) is 0 Å². The number of benzene rings is 3. The first-order valence-corrected chi connectivity index (χ1v) is 10.3. The molecule has 0 saturated carbocycles. The van der Waals surface area contributed by atoms with E-state index in [2.05, 4.69) is 10.6 Å². The third kappa shape index (κ3) is 6.43. The van der Waals surface area contributed by atoms with Crippen LogP contribution >= 0.6 is 0 Å². The summed E-state index contributed by atoms with van der Waals surface area (Å²) in [5, 5.41) is 23.7. The number of aryl methyl sites for hydroxylation is 2. The Balaban J connectivity index is 1.77. The van der Waals surface area contributed by atoms with Crippen LogP contribution < -0.4 is 15.5 Å². The van der Waals surface area contributed by atoms with Crippen LogP contribution in [0.2, 0.25) is 0 Å². The van der Waals surface area contributed by atoms with Crippen LogP contribution in [0, 0.1) is 36.5 Å². The molecular formula is C26H23N5O2. The highest BCUT2D eigenvalue weighted by molar-refractivity contribution is 5.98. The maximum atomic E-state index is 12.8. The summed E-state index contributed by atoms with van der Waals surface area (Å²) in [6, 6.07) is 23.1. The van der Waals surface area contributed by atoms with Crippen molar-refractivity contribution in [3.8, 4) is 12.1 Å². The first-order valence-electron chi connectivity index (χ1n) is 10.3. The van der Waals surface area contributed by atoms with Crippen LogP contribution in [0.4, 0.5) is 17.1 Å². The smallest absolute Gasteiger partial charge is 0.243 e. The SMILES string of the molecule is Cc1ccc(N(CC(=O)Nc2cccc(C#N)c2)CC(=O)Nc2cccc(C#N)c2)cc1C. The van der Waals surface area contributed by atoms with E-state index in [9.17, 15) is 9.59 Å². The fourth-order valence-corrected chi connectivity index (χ4v) is 3.24. The maximum absolute atomic E-state index is 12.8. The highest BCUT2D eigenvalue weighted by Gasteiger charge is 2.17. The molecule has 0 spiro atoms. The number of nitrogens with one attached hydrogen (secondary N) is 2. The molecule has 0 fully saturated rings. The largest absolute Gasteiger partial charge is 0.353 e. The predicted octanol–water partition coefficient (Wildman–Crippen LogP) is 4.13. The minimum Gasteiger partial charge on any atom is -0.353 e. The Labute approximate surface area is 192 Å². The van der Waals surface area contributed by atoms with Crippen molar-refractivity contribution in [3.05, 3.63) is 89.0 Å². The van der Waals surface area contributed by atoms with Gasteiger partial charge in [-0.05, 0) is 73.5 Å². The van der Waals surface area contributed by atoms with E-state index in [1.807, 2.05) is 44.2 Å². The lowest BCUT2D eigenvalue weighted by molar-refractivity contribution is -0.115. The van der Waals surface area contributed by atoms with E-state index in [0.717, 1.165) is 16.8 Å². The third-order valence-corrected chi connectivity index (χ3v) is 5.08. The molecule has 3 aromatic rings. The van der Waals surface area contributed by atoms with Crippen LogP contribution in [-0.4, -0.2) is 24.9 Å².